The van der Waals surface area contributed by atoms with Crippen LogP contribution >= 0.6 is 23.4 Å². The number of carbonyl (C=O) groups excluding carboxylic acids is 1. The minimum atomic E-state index is 0.106. The predicted octanol–water partition coefficient (Wildman–Crippen LogP) is 2.51. The minimum absolute atomic E-state index is 0.106. The quantitative estimate of drug-likeness (QED) is 0.737. The van der Waals surface area contributed by atoms with Gasteiger partial charge in [-0.1, -0.05) is 23.4 Å². The summed E-state index contributed by atoms with van der Waals surface area (Å²) in [6.07, 6.45) is 3.28. The van der Waals surface area contributed by atoms with Crippen LogP contribution in [0.3, 0.4) is 0 Å². The number of rotatable bonds is 2. The van der Waals surface area contributed by atoms with Crippen LogP contribution in [0.15, 0.2) is 18.5 Å². The topological polar surface area (TPSA) is 30.0 Å². The van der Waals surface area contributed by atoms with E-state index in [0.717, 1.165) is 5.56 Å². The van der Waals surface area contributed by atoms with Crippen molar-refractivity contribution >= 4 is 28.5 Å². The number of aromatic nitrogens is 1. The number of nitrogens with zero attached hydrogens (tertiary/aromatic N) is 1. The summed E-state index contributed by atoms with van der Waals surface area (Å²) in [5, 5.41) is 0.714. The van der Waals surface area contributed by atoms with E-state index in [9.17, 15) is 4.79 Å². The number of hydrogen-bond donors (Lipinski definition) is 0. The maximum absolute atomic E-state index is 10.6. The molecule has 1 heterocycles. The van der Waals surface area contributed by atoms with Gasteiger partial charge in [0.2, 0.25) is 0 Å². The summed E-state index contributed by atoms with van der Waals surface area (Å²) in [6, 6.07) is 1.81. The normalized spacial score (nSPS) is 9.83. The van der Waals surface area contributed by atoms with Gasteiger partial charge in [-0.3, -0.25) is 9.78 Å². The zero-order valence-corrected chi connectivity index (χ0v) is 8.15. The first kappa shape index (κ1) is 9.55. The van der Waals surface area contributed by atoms with Crippen LogP contribution in [0, 0.1) is 0 Å². The van der Waals surface area contributed by atoms with Gasteiger partial charge in [0, 0.05) is 25.1 Å². The highest BCUT2D eigenvalue weighted by Gasteiger charge is 1.97. The van der Waals surface area contributed by atoms with Crippen molar-refractivity contribution in [2.45, 2.75) is 12.7 Å². The monoisotopic (exact) mass is 201 g/mol. The van der Waals surface area contributed by atoms with Crippen LogP contribution in [0.4, 0.5) is 0 Å². The van der Waals surface area contributed by atoms with Gasteiger partial charge in [0.05, 0.1) is 5.02 Å². The Balaban J connectivity index is 2.57. The van der Waals surface area contributed by atoms with Gasteiger partial charge in [-0.2, -0.15) is 0 Å². The van der Waals surface area contributed by atoms with Crippen LogP contribution in [0.1, 0.15) is 12.5 Å². The molecule has 0 radical (unpaired) electrons. The molecular formula is C8H8ClNOS. The maximum atomic E-state index is 10.6. The highest BCUT2D eigenvalue weighted by atomic mass is 35.5. The number of halogens is 1. The molecule has 1 aromatic rings. The zero-order chi connectivity index (χ0) is 8.97. The van der Waals surface area contributed by atoms with Crippen LogP contribution in [0.5, 0.6) is 0 Å². The Morgan fingerprint density at radius 2 is 2.42 bits per heavy atom. The molecule has 0 bridgehead atoms. The fraction of sp³-hybridized carbons (Fsp3) is 0.250. The lowest BCUT2D eigenvalue weighted by Crippen LogP contribution is -1.86. The third-order valence-electron chi connectivity index (χ3n) is 1.20. The van der Waals surface area contributed by atoms with Crippen molar-refractivity contribution < 1.29 is 4.79 Å². The summed E-state index contributed by atoms with van der Waals surface area (Å²) in [7, 11) is 0. The molecule has 0 unspecified atom stereocenters. The van der Waals surface area contributed by atoms with E-state index in [2.05, 4.69) is 4.98 Å². The molecule has 0 fully saturated rings. The smallest absolute Gasteiger partial charge is 0.186 e. The first-order chi connectivity index (χ1) is 5.68. The molecule has 1 rings (SSSR count). The van der Waals surface area contributed by atoms with Crippen LogP contribution in [0.25, 0.3) is 0 Å². The Bertz CT molecular complexity index is 290. The van der Waals surface area contributed by atoms with Crippen molar-refractivity contribution in [3.63, 3.8) is 0 Å². The molecule has 0 N–H and O–H groups in total. The molecule has 0 spiro atoms. The van der Waals surface area contributed by atoms with Gasteiger partial charge in [-0.25, -0.2) is 0 Å². The molecule has 4 heteroatoms. The van der Waals surface area contributed by atoms with Crippen molar-refractivity contribution in [1.82, 2.24) is 4.98 Å². The lowest BCUT2D eigenvalue weighted by Gasteiger charge is -1.97. The molecular weight excluding hydrogens is 194 g/mol. The van der Waals surface area contributed by atoms with Gasteiger partial charge in [0.15, 0.2) is 5.12 Å². The molecule has 0 saturated heterocycles. The third-order valence-corrected chi connectivity index (χ3v) is 2.29. The highest BCUT2D eigenvalue weighted by Crippen LogP contribution is 2.15. The maximum Gasteiger partial charge on any atom is 0.186 e. The molecule has 0 amide bonds. The molecule has 2 nitrogen and oxygen atoms in total. The molecule has 0 aliphatic heterocycles. The third kappa shape index (κ3) is 3.24. The van der Waals surface area contributed by atoms with Crippen molar-refractivity contribution in [2.75, 3.05) is 0 Å². The average Bonchev–Trinajstić information content (AvgIpc) is 2.01. The Labute approximate surface area is 80.3 Å². The van der Waals surface area contributed by atoms with Crippen LogP contribution in [-0.2, 0) is 10.5 Å². The first-order valence-corrected chi connectivity index (χ1v) is 4.77. The van der Waals surface area contributed by atoms with E-state index in [0.29, 0.717) is 10.8 Å². The van der Waals surface area contributed by atoms with Crippen molar-refractivity contribution in [1.29, 1.82) is 0 Å². The standard InChI is InChI=1S/C8H8ClNOS/c1-6(11)12-5-7-2-8(9)4-10-3-7/h2-4H,5H2,1H3. The molecule has 0 atom stereocenters. The summed E-state index contributed by atoms with van der Waals surface area (Å²) in [6.45, 7) is 1.54. The summed E-state index contributed by atoms with van der Waals surface area (Å²) in [5.41, 5.74) is 0.975. The summed E-state index contributed by atoms with van der Waals surface area (Å²) in [4.78, 5) is 14.5. The number of hydrogen-bond acceptors (Lipinski definition) is 3. The Morgan fingerprint density at radius 1 is 1.67 bits per heavy atom. The van der Waals surface area contributed by atoms with Crippen LogP contribution in [0.2, 0.25) is 5.02 Å². The van der Waals surface area contributed by atoms with Gasteiger partial charge in [-0.05, 0) is 11.6 Å². The van der Waals surface area contributed by atoms with E-state index in [1.165, 1.54) is 11.8 Å². The van der Waals surface area contributed by atoms with Crippen LogP contribution in [-0.4, -0.2) is 10.1 Å². The number of pyridine rings is 1. The second-order valence-electron chi connectivity index (χ2n) is 2.29. The van der Waals surface area contributed by atoms with E-state index >= 15 is 0 Å². The molecule has 0 aromatic carbocycles. The zero-order valence-electron chi connectivity index (χ0n) is 6.58. The minimum Gasteiger partial charge on any atom is -0.288 e. The fourth-order valence-electron chi connectivity index (χ4n) is 0.720. The van der Waals surface area contributed by atoms with Gasteiger partial charge >= 0.3 is 0 Å². The van der Waals surface area contributed by atoms with Crippen molar-refractivity contribution in [3.05, 3.63) is 29.0 Å². The first-order valence-electron chi connectivity index (χ1n) is 3.41. The molecule has 0 saturated carbocycles. The highest BCUT2D eigenvalue weighted by molar-refractivity contribution is 8.12. The lowest BCUT2D eigenvalue weighted by atomic mass is 10.3. The van der Waals surface area contributed by atoms with Gasteiger partial charge in [-0.15, -0.1) is 0 Å². The van der Waals surface area contributed by atoms with E-state index < -0.39 is 0 Å². The largest absolute Gasteiger partial charge is 0.288 e. The van der Waals surface area contributed by atoms with E-state index in [1.54, 1.807) is 19.3 Å². The summed E-state index contributed by atoms with van der Waals surface area (Å²) >= 11 is 6.96. The molecule has 1 aromatic heterocycles. The summed E-state index contributed by atoms with van der Waals surface area (Å²) in [5.74, 6) is 0.642. The second-order valence-corrected chi connectivity index (χ2v) is 3.88. The van der Waals surface area contributed by atoms with Gasteiger partial charge in [0.1, 0.15) is 0 Å². The SMILES string of the molecule is CC(=O)SCc1cncc(Cl)c1. The number of thioether (sulfide) groups is 1. The van der Waals surface area contributed by atoms with Gasteiger partial charge < -0.3 is 0 Å². The lowest BCUT2D eigenvalue weighted by molar-refractivity contribution is -0.109. The molecule has 12 heavy (non-hydrogen) atoms. The van der Waals surface area contributed by atoms with Crippen molar-refractivity contribution in [2.24, 2.45) is 0 Å². The molecule has 0 aliphatic rings. The molecule has 0 aliphatic carbocycles. The average molecular weight is 202 g/mol. The number of carbonyl (C=O) groups is 1. The molecule has 64 valence electrons. The van der Waals surface area contributed by atoms with Gasteiger partial charge in [0.25, 0.3) is 0 Å². The Morgan fingerprint density at radius 3 is 3.00 bits per heavy atom. The van der Waals surface area contributed by atoms with Crippen LogP contribution < -0.4 is 0 Å². The Hall–Kier alpha value is -0.540. The predicted molar refractivity (Wildman–Crippen MR) is 51.2 cm³/mol. The van der Waals surface area contributed by atoms with E-state index in [4.69, 9.17) is 11.6 Å². The second kappa shape index (κ2) is 4.48. The van der Waals surface area contributed by atoms with E-state index in [1.807, 2.05) is 6.07 Å². The Kier molecular flexibility index (Phi) is 3.56. The summed E-state index contributed by atoms with van der Waals surface area (Å²) < 4.78 is 0. The van der Waals surface area contributed by atoms with Crippen molar-refractivity contribution in [3.8, 4) is 0 Å². The van der Waals surface area contributed by atoms with E-state index in [-0.39, 0.29) is 5.12 Å². The fourth-order valence-corrected chi connectivity index (χ4v) is 1.44.